The predicted molar refractivity (Wildman–Crippen MR) is 140 cm³/mol. The Morgan fingerprint density at radius 1 is 0.892 bits per heavy atom. The molecule has 1 aliphatic rings. The van der Waals surface area contributed by atoms with Crippen molar-refractivity contribution in [1.29, 1.82) is 0 Å². The molecular weight excluding hydrogens is 470 g/mol. The fourth-order valence-electron chi connectivity index (χ4n) is 4.25. The Hall–Kier alpha value is -4.10. The zero-order valence-electron chi connectivity index (χ0n) is 21.1. The van der Waals surface area contributed by atoms with Crippen LogP contribution in [0.4, 0.5) is 0 Å². The fraction of sp³-hybridized carbons (Fsp3) is 0.267. The third-order valence-corrected chi connectivity index (χ3v) is 6.10. The van der Waals surface area contributed by atoms with Gasteiger partial charge < -0.3 is 24.2 Å². The number of benzene rings is 3. The van der Waals surface area contributed by atoms with Crippen molar-refractivity contribution < 1.29 is 28.9 Å². The molecule has 3 aromatic rings. The maximum absolute atomic E-state index is 13.2. The molecule has 37 heavy (non-hydrogen) atoms. The molecule has 1 amide bonds. The zero-order chi connectivity index (χ0) is 26.2. The van der Waals surface area contributed by atoms with Gasteiger partial charge in [-0.25, -0.2) is 0 Å². The average Bonchev–Trinajstić information content (AvgIpc) is 3.19. The summed E-state index contributed by atoms with van der Waals surface area (Å²) < 4.78 is 16.8. The molecule has 0 aromatic heterocycles. The van der Waals surface area contributed by atoms with E-state index >= 15 is 0 Å². The van der Waals surface area contributed by atoms with Crippen molar-refractivity contribution in [2.45, 2.75) is 26.0 Å². The molecule has 0 radical (unpaired) electrons. The smallest absolute Gasteiger partial charge is 0.295 e. The number of methoxy groups -OCH3 is 1. The fourth-order valence-corrected chi connectivity index (χ4v) is 4.25. The third kappa shape index (κ3) is 6.01. The summed E-state index contributed by atoms with van der Waals surface area (Å²) in [4.78, 5) is 27.6. The van der Waals surface area contributed by atoms with E-state index < -0.39 is 17.7 Å². The lowest BCUT2D eigenvalue weighted by Gasteiger charge is -2.25. The van der Waals surface area contributed by atoms with E-state index in [1.165, 1.54) is 12.0 Å². The number of nitrogens with zero attached hydrogens (tertiary/aromatic N) is 1. The lowest BCUT2D eigenvalue weighted by molar-refractivity contribution is -0.140. The summed E-state index contributed by atoms with van der Waals surface area (Å²) in [5.41, 5.74) is 2.13. The molecule has 1 unspecified atom stereocenters. The first-order chi connectivity index (χ1) is 18.0. The Balaban J connectivity index is 1.69. The molecule has 1 fully saturated rings. The Morgan fingerprint density at radius 3 is 2.35 bits per heavy atom. The van der Waals surface area contributed by atoms with Crippen molar-refractivity contribution in [3.05, 3.63) is 101 Å². The molecule has 7 heteroatoms. The van der Waals surface area contributed by atoms with Crippen LogP contribution in [0, 0.1) is 0 Å². The first kappa shape index (κ1) is 26.0. The van der Waals surface area contributed by atoms with Crippen LogP contribution in [0.3, 0.4) is 0 Å². The standard InChI is InChI=1S/C30H31NO6/c1-3-17-36-24-14-12-22(13-15-24)28(32)26-27(31(16-18-35-2)30(34)29(26)33)23-10-7-11-25(19-23)37-20-21-8-5-4-6-9-21/h4-15,19,27,32H,3,16-18,20H2,1-2H3/b28-26+. The number of aliphatic hydroxyl groups is 1. The number of aliphatic hydroxyl groups excluding tert-OH is 1. The number of likely N-dealkylation sites (tertiary alicyclic amines) is 1. The number of hydrogen-bond donors (Lipinski definition) is 1. The lowest BCUT2D eigenvalue weighted by Crippen LogP contribution is -2.32. The van der Waals surface area contributed by atoms with Crippen LogP contribution in [-0.4, -0.2) is 48.6 Å². The number of carbonyl (C=O) groups excluding carboxylic acids is 2. The van der Waals surface area contributed by atoms with Crippen molar-refractivity contribution in [1.82, 2.24) is 4.90 Å². The summed E-state index contributed by atoms with van der Waals surface area (Å²) in [6.07, 6.45) is 0.876. The van der Waals surface area contributed by atoms with Gasteiger partial charge in [-0.3, -0.25) is 9.59 Å². The van der Waals surface area contributed by atoms with Crippen molar-refractivity contribution in [3.8, 4) is 11.5 Å². The average molecular weight is 502 g/mol. The Labute approximate surface area is 216 Å². The number of carbonyl (C=O) groups is 2. The largest absolute Gasteiger partial charge is 0.507 e. The second-order valence-electron chi connectivity index (χ2n) is 8.70. The molecule has 0 saturated carbocycles. The number of hydrogen-bond acceptors (Lipinski definition) is 6. The molecule has 1 N–H and O–H groups in total. The van der Waals surface area contributed by atoms with Crippen molar-refractivity contribution in [2.24, 2.45) is 0 Å². The van der Waals surface area contributed by atoms with Gasteiger partial charge >= 0.3 is 0 Å². The third-order valence-electron chi connectivity index (χ3n) is 6.10. The van der Waals surface area contributed by atoms with Crippen LogP contribution in [0.2, 0.25) is 0 Å². The van der Waals surface area contributed by atoms with Crippen molar-refractivity contribution >= 4 is 17.4 Å². The Kier molecular flexibility index (Phi) is 8.59. The van der Waals surface area contributed by atoms with Gasteiger partial charge in [-0.1, -0.05) is 49.4 Å². The number of ether oxygens (including phenoxy) is 3. The molecule has 192 valence electrons. The molecule has 1 heterocycles. The molecule has 4 rings (SSSR count). The highest BCUT2D eigenvalue weighted by Crippen LogP contribution is 2.40. The quantitative estimate of drug-likeness (QED) is 0.223. The number of Topliss-reactive ketones (excluding diaryl/α,β-unsaturated/α-hetero) is 1. The van der Waals surface area contributed by atoms with Crippen LogP contribution >= 0.6 is 0 Å². The summed E-state index contributed by atoms with van der Waals surface area (Å²) in [6, 6.07) is 23.1. The van der Waals surface area contributed by atoms with Crippen molar-refractivity contribution in [3.63, 3.8) is 0 Å². The minimum absolute atomic E-state index is 0.0311. The maximum Gasteiger partial charge on any atom is 0.295 e. The monoisotopic (exact) mass is 501 g/mol. The van der Waals surface area contributed by atoms with Gasteiger partial charge in [-0.05, 0) is 53.9 Å². The first-order valence-electron chi connectivity index (χ1n) is 12.3. The lowest BCUT2D eigenvalue weighted by atomic mass is 9.95. The van der Waals surface area contributed by atoms with Crippen LogP contribution in [0.15, 0.2) is 84.4 Å². The van der Waals surface area contributed by atoms with Crippen LogP contribution < -0.4 is 9.47 Å². The van der Waals surface area contributed by atoms with E-state index in [1.807, 2.05) is 55.5 Å². The minimum Gasteiger partial charge on any atom is -0.507 e. The highest BCUT2D eigenvalue weighted by Gasteiger charge is 2.46. The van der Waals surface area contributed by atoms with Gasteiger partial charge in [0.05, 0.1) is 24.8 Å². The van der Waals surface area contributed by atoms with Gasteiger partial charge in [-0.15, -0.1) is 0 Å². The molecule has 1 saturated heterocycles. The highest BCUT2D eigenvalue weighted by atomic mass is 16.5. The summed E-state index contributed by atoms with van der Waals surface area (Å²) >= 11 is 0. The van der Waals surface area contributed by atoms with E-state index in [0.717, 1.165) is 12.0 Å². The van der Waals surface area contributed by atoms with Gasteiger partial charge in [0.15, 0.2) is 0 Å². The molecule has 1 aliphatic heterocycles. The molecule has 0 bridgehead atoms. The molecule has 0 aliphatic carbocycles. The van der Waals surface area contributed by atoms with Gasteiger partial charge in [-0.2, -0.15) is 0 Å². The molecule has 1 atom stereocenters. The Bertz CT molecular complexity index is 1250. The van der Waals surface area contributed by atoms with Gasteiger partial charge in [0.25, 0.3) is 11.7 Å². The second-order valence-corrected chi connectivity index (χ2v) is 8.70. The van der Waals surface area contributed by atoms with E-state index in [2.05, 4.69) is 0 Å². The first-order valence-corrected chi connectivity index (χ1v) is 12.3. The van der Waals surface area contributed by atoms with Crippen LogP contribution in [0.25, 0.3) is 5.76 Å². The van der Waals surface area contributed by atoms with Crippen LogP contribution in [0.1, 0.15) is 36.1 Å². The minimum atomic E-state index is -0.786. The van der Waals surface area contributed by atoms with Gasteiger partial charge in [0, 0.05) is 19.2 Å². The summed E-state index contributed by atoms with van der Waals surface area (Å²) in [7, 11) is 1.53. The second kappa shape index (κ2) is 12.2. The van der Waals surface area contributed by atoms with Gasteiger partial charge in [0.1, 0.15) is 23.9 Å². The van der Waals surface area contributed by atoms with Crippen LogP contribution in [-0.2, 0) is 20.9 Å². The predicted octanol–water partition coefficient (Wildman–Crippen LogP) is 5.12. The van der Waals surface area contributed by atoms with E-state index in [4.69, 9.17) is 14.2 Å². The number of amides is 1. The molecular formula is C30H31NO6. The molecule has 7 nitrogen and oxygen atoms in total. The molecule has 0 spiro atoms. The number of ketones is 1. The highest BCUT2D eigenvalue weighted by molar-refractivity contribution is 6.46. The van der Waals surface area contributed by atoms with Crippen molar-refractivity contribution in [2.75, 3.05) is 26.9 Å². The van der Waals surface area contributed by atoms with E-state index in [9.17, 15) is 14.7 Å². The van der Waals surface area contributed by atoms with E-state index in [1.54, 1.807) is 30.3 Å². The maximum atomic E-state index is 13.2. The summed E-state index contributed by atoms with van der Waals surface area (Å²) in [6.45, 7) is 3.42. The van der Waals surface area contributed by atoms with E-state index in [0.29, 0.717) is 35.8 Å². The SMILES string of the molecule is CCCOc1ccc(/C(O)=C2\C(=O)C(=O)N(CCOC)C2c2cccc(OCc3ccccc3)c2)cc1. The van der Waals surface area contributed by atoms with Gasteiger partial charge in [0.2, 0.25) is 0 Å². The summed E-state index contributed by atoms with van der Waals surface area (Å²) in [5.74, 6) is -0.390. The Morgan fingerprint density at radius 2 is 1.65 bits per heavy atom. The zero-order valence-corrected chi connectivity index (χ0v) is 21.1. The summed E-state index contributed by atoms with van der Waals surface area (Å²) in [5, 5.41) is 11.2. The van der Waals surface area contributed by atoms with E-state index in [-0.39, 0.29) is 24.5 Å². The normalized spacial score (nSPS) is 16.7. The van der Waals surface area contributed by atoms with Crippen LogP contribution in [0.5, 0.6) is 11.5 Å². The molecule has 3 aromatic carbocycles. The topological polar surface area (TPSA) is 85.3 Å². The number of rotatable bonds is 11.